The Labute approximate surface area is 272 Å². The molecule has 6 aromatic carbocycles. The normalized spacial score (nSPS) is 13.2. The maximum Gasteiger partial charge on any atom is 0.145 e. The van der Waals surface area contributed by atoms with Crippen LogP contribution < -0.4 is 4.90 Å². The largest absolute Gasteiger partial charge is 0.309 e. The number of nitrogens with zero attached hydrogens (tertiary/aromatic N) is 3. The number of para-hydroxylation sites is 3. The molecule has 2 heterocycles. The van der Waals surface area contributed by atoms with Gasteiger partial charge in [0.25, 0.3) is 0 Å². The summed E-state index contributed by atoms with van der Waals surface area (Å²) in [6.07, 6.45) is 0. The van der Waals surface area contributed by atoms with E-state index >= 15 is 0 Å². The van der Waals surface area contributed by atoms with Crippen molar-refractivity contribution in [2.75, 3.05) is 4.90 Å². The zero-order chi connectivity index (χ0) is 30.8. The number of aromatic nitrogens is 2. The molecule has 0 bridgehead atoms. The molecular weight excluding hydrogens is 579 g/mol. The van der Waals surface area contributed by atoms with E-state index in [-0.39, 0.29) is 5.41 Å². The summed E-state index contributed by atoms with van der Waals surface area (Å²) in [4.78, 5) is 7.53. The molecule has 0 saturated carbocycles. The Balaban J connectivity index is 1.20. The van der Waals surface area contributed by atoms with Gasteiger partial charge < -0.3 is 4.90 Å². The average Bonchev–Trinajstić information content (AvgIpc) is 3.77. The molecule has 0 aliphatic heterocycles. The van der Waals surface area contributed by atoms with Crippen molar-refractivity contribution in [3.63, 3.8) is 0 Å². The van der Waals surface area contributed by atoms with Gasteiger partial charge >= 0.3 is 0 Å². The third kappa shape index (κ3) is 4.07. The van der Waals surface area contributed by atoms with Crippen LogP contribution in [0.4, 0.5) is 17.1 Å². The Morgan fingerprint density at radius 1 is 0.630 bits per heavy atom. The Morgan fingerprint density at radius 2 is 1.33 bits per heavy atom. The molecule has 0 spiro atoms. The van der Waals surface area contributed by atoms with Crippen LogP contribution in [0, 0.1) is 0 Å². The molecular formula is C42H31N3S. The second-order valence-corrected chi connectivity index (χ2v) is 13.4. The molecule has 1 aliphatic carbocycles. The molecule has 0 amide bonds. The topological polar surface area (TPSA) is 21.1 Å². The van der Waals surface area contributed by atoms with Crippen molar-refractivity contribution in [2.24, 2.45) is 0 Å². The molecule has 0 saturated heterocycles. The highest BCUT2D eigenvalue weighted by molar-refractivity contribution is 7.17. The maximum atomic E-state index is 5.11. The van der Waals surface area contributed by atoms with Gasteiger partial charge in [0.1, 0.15) is 5.82 Å². The first kappa shape index (κ1) is 26.9. The Bertz CT molecular complexity index is 2400. The van der Waals surface area contributed by atoms with Gasteiger partial charge in [-0.2, -0.15) is 0 Å². The monoisotopic (exact) mass is 609 g/mol. The summed E-state index contributed by atoms with van der Waals surface area (Å²) in [6, 6.07) is 52.3. The highest BCUT2D eigenvalue weighted by Gasteiger charge is 2.35. The number of thiophene rings is 1. The van der Waals surface area contributed by atoms with Crippen LogP contribution in [0.2, 0.25) is 0 Å². The lowest BCUT2D eigenvalue weighted by atomic mass is 9.82. The summed E-state index contributed by atoms with van der Waals surface area (Å²) in [5.74, 6) is 0.934. The Kier molecular flexibility index (Phi) is 6.02. The summed E-state index contributed by atoms with van der Waals surface area (Å²) in [7, 11) is 0. The molecule has 8 aromatic rings. The van der Waals surface area contributed by atoms with Crippen molar-refractivity contribution in [2.45, 2.75) is 19.3 Å². The van der Waals surface area contributed by atoms with E-state index in [1.165, 1.54) is 38.0 Å². The van der Waals surface area contributed by atoms with Gasteiger partial charge in [-0.25, -0.2) is 4.98 Å². The summed E-state index contributed by atoms with van der Waals surface area (Å²) >= 11 is 1.79. The van der Waals surface area contributed by atoms with E-state index < -0.39 is 0 Å². The number of imidazole rings is 1. The summed E-state index contributed by atoms with van der Waals surface area (Å²) in [5, 5.41) is 3.55. The van der Waals surface area contributed by atoms with Gasteiger partial charge in [0.05, 0.1) is 16.7 Å². The van der Waals surface area contributed by atoms with Gasteiger partial charge in [0.15, 0.2) is 0 Å². The molecule has 3 nitrogen and oxygen atoms in total. The minimum absolute atomic E-state index is 0.0787. The maximum absolute atomic E-state index is 5.11. The number of rotatable bonds is 5. The zero-order valence-electron chi connectivity index (χ0n) is 25.7. The number of anilines is 3. The van der Waals surface area contributed by atoms with Crippen LogP contribution in [0.5, 0.6) is 0 Å². The van der Waals surface area contributed by atoms with Crippen LogP contribution in [-0.4, -0.2) is 9.55 Å². The number of fused-ring (bicyclic) bond motifs is 5. The van der Waals surface area contributed by atoms with Gasteiger partial charge in [-0.15, -0.1) is 11.3 Å². The summed E-state index contributed by atoms with van der Waals surface area (Å²) in [5.41, 5.74) is 13.1. The van der Waals surface area contributed by atoms with Gasteiger partial charge in [-0.05, 0) is 89.0 Å². The second kappa shape index (κ2) is 10.3. The van der Waals surface area contributed by atoms with Crippen LogP contribution in [0.1, 0.15) is 25.0 Å². The van der Waals surface area contributed by atoms with Gasteiger partial charge in [-0.3, -0.25) is 4.57 Å². The van der Waals surface area contributed by atoms with Crippen LogP contribution in [-0.2, 0) is 5.41 Å². The smallest absolute Gasteiger partial charge is 0.145 e. The Hall–Kier alpha value is -5.45. The summed E-state index contributed by atoms with van der Waals surface area (Å²) < 4.78 is 3.54. The quantitative estimate of drug-likeness (QED) is 0.194. The zero-order valence-corrected chi connectivity index (χ0v) is 26.5. The second-order valence-electron chi connectivity index (χ2n) is 12.5. The fraction of sp³-hybridized carbons (Fsp3) is 0.0714. The van der Waals surface area contributed by atoms with E-state index in [0.29, 0.717) is 0 Å². The molecule has 4 heteroatoms. The molecule has 46 heavy (non-hydrogen) atoms. The SMILES string of the molecule is CC1(C)c2ccccc2-c2ccc(N(c3ccc(-c4nc5ccccc5n4-c4ccccc4)cc3)c3csc4ccccc34)cc21. The minimum atomic E-state index is -0.0787. The number of benzene rings is 6. The van der Waals surface area contributed by atoms with Crippen molar-refractivity contribution in [3.05, 3.63) is 162 Å². The van der Waals surface area contributed by atoms with Gasteiger partial charge in [0.2, 0.25) is 0 Å². The van der Waals surface area contributed by atoms with E-state index in [2.05, 4.69) is 174 Å². The minimum Gasteiger partial charge on any atom is -0.309 e. The first-order chi connectivity index (χ1) is 22.6. The molecule has 2 aromatic heterocycles. The molecule has 0 atom stereocenters. The number of hydrogen-bond acceptors (Lipinski definition) is 3. The van der Waals surface area contributed by atoms with Crippen LogP contribution in [0.15, 0.2) is 151 Å². The van der Waals surface area contributed by atoms with Crippen LogP contribution in [0.25, 0.3) is 49.3 Å². The molecule has 9 rings (SSSR count). The van der Waals surface area contributed by atoms with Gasteiger partial charge in [-0.1, -0.05) is 92.7 Å². The highest BCUT2D eigenvalue weighted by atomic mass is 32.1. The fourth-order valence-electron chi connectivity index (χ4n) is 7.21. The average molecular weight is 610 g/mol. The van der Waals surface area contributed by atoms with E-state index in [1.807, 2.05) is 0 Å². The predicted octanol–water partition coefficient (Wildman–Crippen LogP) is 11.7. The van der Waals surface area contributed by atoms with Crippen molar-refractivity contribution in [1.82, 2.24) is 9.55 Å². The first-order valence-electron chi connectivity index (χ1n) is 15.7. The fourth-order valence-corrected chi connectivity index (χ4v) is 8.14. The molecule has 0 N–H and O–H groups in total. The molecule has 0 fully saturated rings. The third-order valence-corrected chi connectivity index (χ3v) is 10.4. The van der Waals surface area contributed by atoms with Crippen molar-refractivity contribution < 1.29 is 0 Å². The van der Waals surface area contributed by atoms with E-state index in [0.717, 1.165) is 39.5 Å². The molecule has 0 radical (unpaired) electrons. The van der Waals surface area contributed by atoms with E-state index in [4.69, 9.17) is 4.98 Å². The Morgan fingerprint density at radius 3 is 2.20 bits per heavy atom. The third-order valence-electron chi connectivity index (χ3n) is 9.49. The molecule has 220 valence electrons. The van der Waals surface area contributed by atoms with Crippen LogP contribution >= 0.6 is 11.3 Å². The lowest BCUT2D eigenvalue weighted by Gasteiger charge is -2.28. The van der Waals surface area contributed by atoms with E-state index in [9.17, 15) is 0 Å². The van der Waals surface area contributed by atoms with Gasteiger partial charge in [0, 0.05) is 43.5 Å². The number of hydrogen-bond donors (Lipinski definition) is 0. The van der Waals surface area contributed by atoms with Crippen molar-refractivity contribution in [3.8, 4) is 28.2 Å². The molecule has 1 aliphatic rings. The van der Waals surface area contributed by atoms with Crippen molar-refractivity contribution in [1.29, 1.82) is 0 Å². The summed E-state index contributed by atoms with van der Waals surface area (Å²) in [6.45, 7) is 4.69. The lowest BCUT2D eigenvalue weighted by Crippen LogP contribution is -2.16. The lowest BCUT2D eigenvalue weighted by molar-refractivity contribution is 0.660. The van der Waals surface area contributed by atoms with Crippen molar-refractivity contribution >= 4 is 49.5 Å². The standard InChI is InChI=1S/C42H31N3S/c1-42(2)35-16-8-6-14-32(35)33-25-24-31(26-36(33)42)44(39-27-46-40-19-11-7-15-34(39)40)30-22-20-28(21-23-30)41-43-37-17-9-10-18-38(37)45(41)29-12-4-3-5-13-29/h3-27H,1-2H3. The highest BCUT2D eigenvalue weighted by Crippen LogP contribution is 2.51. The first-order valence-corrected chi connectivity index (χ1v) is 16.6. The predicted molar refractivity (Wildman–Crippen MR) is 194 cm³/mol. The van der Waals surface area contributed by atoms with Crippen LogP contribution in [0.3, 0.4) is 0 Å². The van der Waals surface area contributed by atoms with E-state index in [1.54, 1.807) is 11.3 Å². The molecule has 0 unspecified atom stereocenters.